The number of alkyl halides is 1. The van der Waals surface area contributed by atoms with E-state index < -0.39 is 0 Å². The summed E-state index contributed by atoms with van der Waals surface area (Å²) in [5, 5.41) is 0. The topological polar surface area (TPSA) is 52.3 Å². The second-order valence-electron chi connectivity index (χ2n) is 9.65. The van der Waals surface area contributed by atoms with Crippen molar-refractivity contribution in [2.45, 2.75) is 135 Å². The van der Waals surface area contributed by atoms with Gasteiger partial charge in [-0.1, -0.05) is 121 Å². The van der Waals surface area contributed by atoms with Crippen molar-refractivity contribution in [3.63, 3.8) is 0 Å². The van der Waals surface area contributed by atoms with Gasteiger partial charge in [0.15, 0.2) is 0 Å². The predicted octanol–water partition coefficient (Wildman–Crippen LogP) is 8.60. The number of nitrogens with two attached hydrogens (primary N) is 1. The van der Waals surface area contributed by atoms with Crippen LogP contribution in [0.3, 0.4) is 0 Å². The van der Waals surface area contributed by atoms with Crippen LogP contribution in [0.25, 0.3) is 0 Å². The maximum absolute atomic E-state index is 11.3. The molecule has 0 aromatic heterocycles. The smallest absolute Gasteiger partial charge is 0.310 e. The van der Waals surface area contributed by atoms with Crippen molar-refractivity contribution < 1.29 is 9.53 Å². The third-order valence-electron chi connectivity index (χ3n) is 5.96. The van der Waals surface area contributed by atoms with Crippen LogP contribution < -0.4 is 5.73 Å². The summed E-state index contributed by atoms with van der Waals surface area (Å²) in [5.74, 6) is -0.228. The molecule has 0 saturated carbocycles. The molecule has 1 aromatic carbocycles. The summed E-state index contributed by atoms with van der Waals surface area (Å²) in [7, 11) is 0. The predicted molar refractivity (Wildman–Crippen MR) is 145 cm³/mol. The first kappa shape index (κ1) is 31.9. The number of hydrogen-bond donors (Lipinski definition) is 1. The monoisotopic (exact) mass is 481 g/mol. The molecule has 3 nitrogen and oxygen atoms in total. The van der Waals surface area contributed by atoms with Crippen molar-refractivity contribution in [2.75, 3.05) is 6.54 Å². The minimum Gasteiger partial charge on any atom is -0.461 e. The van der Waals surface area contributed by atoms with Crippen LogP contribution >= 0.6 is 11.6 Å². The molecule has 0 heterocycles. The highest BCUT2D eigenvalue weighted by Crippen LogP contribution is 2.29. The second-order valence-corrected chi connectivity index (χ2v) is 10.6. The van der Waals surface area contributed by atoms with Crippen molar-refractivity contribution >= 4 is 17.6 Å². The molecule has 4 heteroatoms. The van der Waals surface area contributed by atoms with Gasteiger partial charge >= 0.3 is 5.97 Å². The lowest BCUT2D eigenvalue weighted by atomic mass is 9.95. The van der Waals surface area contributed by atoms with Gasteiger partial charge in [0.2, 0.25) is 0 Å². The Morgan fingerprint density at radius 2 is 1.33 bits per heavy atom. The fraction of sp³-hybridized carbons (Fsp3) is 0.759. The zero-order valence-corrected chi connectivity index (χ0v) is 22.8. The van der Waals surface area contributed by atoms with Crippen molar-refractivity contribution in [3.05, 3.63) is 35.9 Å². The number of rotatable bonds is 18. The van der Waals surface area contributed by atoms with Gasteiger partial charge in [0.25, 0.3) is 0 Å². The summed E-state index contributed by atoms with van der Waals surface area (Å²) in [6.07, 6.45) is 19.0. The van der Waals surface area contributed by atoms with E-state index in [1.54, 1.807) is 6.92 Å². The van der Waals surface area contributed by atoms with E-state index in [9.17, 15) is 4.79 Å². The molecule has 1 atom stereocenters. The molecule has 0 amide bonds. The van der Waals surface area contributed by atoms with Gasteiger partial charge in [-0.15, -0.1) is 11.6 Å². The summed E-state index contributed by atoms with van der Waals surface area (Å²) < 4.78 is 5.04. The molecule has 0 spiro atoms. The first-order chi connectivity index (χ1) is 15.8. The number of hydrogen-bond acceptors (Lipinski definition) is 3. The minimum absolute atomic E-state index is 0.0650. The average Bonchev–Trinajstić information content (AvgIpc) is 2.79. The zero-order chi connectivity index (χ0) is 24.8. The quantitative estimate of drug-likeness (QED) is 0.130. The Morgan fingerprint density at radius 3 is 1.79 bits per heavy atom. The van der Waals surface area contributed by atoms with Crippen LogP contribution in [0, 0.1) is 0 Å². The van der Waals surface area contributed by atoms with Crippen LogP contribution in [0.4, 0.5) is 0 Å². The Labute approximate surface area is 210 Å². The molecule has 0 aliphatic carbocycles. The molecular weight excluding hydrogens is 430 g/mol. The second kappa shape index (κ2) is 21.5. The minimum atomic E-state index is -0.228. The van der Waals surface area contributed by atoms with E-state index >= 15 is 0 Å². The van der Waals surface area contributed by atoms with Crippen molar-refractivity contribution in [1.29, 1.82) is 0 Å². The highest BCUT2D eigenvalue weighted by molar-refractivity contribution is 6.23. The van der Waals surface area contributed by atoms with Crippen LogP contribution in [0.5, 0.6) is 0 Å². The van der Waals surface area contributed by atoms with Crippen LogP contribution in [0.15, 0.2) is 30.3 Å². The maximum atomic E-state index is 11.3. The van der Waals surface area contributed by atoms with Gasteiger partial charge in [-0.2, -0.15) is 0 Å². The Bertz CT molecular complexity index is 544. The molecule has 1 unspecified atom stereocenters. The fourth-order valence-corrected chi connectivity index (χ4v) is 4.02. The third-order valence-corrected chi connectivity index (χ3v) is 6.34. The average molecular weight is 482 g/mol. The van der Waals surface area contributed by atoms with E-state index in [2.05, 4.69) is 20.8 Å². The van der Waals surface area contributed by atoms with Gasteiger partial charge in [0.05, 0.1) is 6.42 Å². The summed E-state index contributed by atoms with van der Waals surface area (Å²) >= 11 is 6.62. The zero-order valence-electron chi connectivity index (χ0n) is 22.0. The molecule has 0 bridgehead atoms. The van der Waals surface area contributed by atoms with E-state index in [-0.39, 0.29) is 16.9 Å². The fourth-order valence-electron chi connectivity index (χ4n) is 3.75. The Kier molecular flexibility index (Phi) is 20.8. The molecule has 0 radical (unpaired) electrons. The Morgan fingerprint density at radius 1 is 0.879 bits per heavy atom. The molecule has 192 valence electrons. The van der Waals surface area contributed by atoms with Gasteiger partial charge in [-0.25, -0.2) is 0 Å². The molecule has 0 fully saturated rings. The van der Waals surface area contributed by atoms with E-state index in [1.807, 2.05) is 30.3 Å². The van der Waals surface area contributed by atoms with E-state index in [1.165, 1.54) is 89.9 Å². The maximum Gasteiger partial charge on any atom is 0.310 e. The normalized spacial score (nSPS) is 12.1. The largest absolute Gasteiger partial charge is 0.461 e. The summed E-state index contributed by atoms with van der Waals surface area (Å²) in [4.78, 5) is 11.4. The standard InChI is InChI=1S/C18H37Cl.C11H15NO2/c1-4-6-8-10-12-14-16-18(3,19)17-15-13-11-9-7-5-2;1-9(8-12)14-11(13)7-10-5-3-2-4-6-10/h4-17H2,1-3H3;2-6,9H,7-8,12H2,1H3. The number of carbonyl (C=O) groups excluding carboxylic acids is 1. The highest BCUT2D eigenvalue weighted by Gasteiger charge is 2.19. The first-order valence-corrected chi connectivity index (χ1v) is 13.8. The number of carbonyl (C=O) groups is 1. The molecule has 33 heavy (non-hydrogen) atoms. The SMILES string of the molecule is CC(CN)OC(=O)Cc1ccccc1.CCCCCCCCC(C)(Cl)CCCCCCCC. The molecular formula is C29H52ClNO2. The lowest BCUT2D eigenvalue weighted by Gasteiger charge is -2.21. The van der Waals surface area contributed by atoms with Gasteiger partial charge in [0.1, 0.15) is 6.10 Å². The van der Waals surface area contributed by atoms with Crippen molar-refractivity contribution in [2.24, 2.45) is 5.73 Å². The third kappa shape index (κ3) is 21.2. The molecule has 1 aromatic rings. The van der Waals surface area contributed by atoms with Crippen LogP contribution in [0.1, 0.15) is 123 Å². The number of esters is 1. The molecule has 2 N–H and O–H groups in total. The number of halogens is 1. The molecule has 0 aliphatic heterocycles. The summed E-state index contributed by atoms with van der Waals surface area (Å²) in [5.41, 5.74) is 6.30. The summed E-state index contributed by atoms with van der Waals surface area (Å²) in [6.45, 7) is 8.93. The number of benzene rings is 1. The van der Waals surface area contributed by atoms with Gasteiger partial charge < -0.3 is 10.5 Å². The number of unbranched alkanes of at least 4 members (excludes halogenated alkanes) is 10. The molecule has 0 aliphatic rings. The van der Waals surface area contributed by atoms with Crippen LogP contribution in [-0.2, 0) is 16.0 Å². The van der Waals surface area contributed by atoms with E-state index in [0.717, 1.165) is 5.56 Å². The van der Waals surface area contributed by atoms with Crippen LogP contribution in [0.2, 0.25) is 0 Å². The molecule has 0 saturated heterocycles. The molecule has 1 rings (SSSR count). The van der Waals surface area contributed by atoms with E-state index in [0.29, 0.717) is 13.0 Å². The Hall–Kier alpha value is -1.06. The van der Waals surface area contributed by atoms with Crippen molar-refractivity contribution in [3.8, 4) is 0 Å². The highest BCUT2D eigenvalue weighted by atomic mass is 35.5. The summed E-state index contributed by atoms with van der Waals surface area (Å²) in [6, 6.07) is 9.50. The van der Waals surface area contributed by atoms with Gasteiger partial charge in [0, 0.05) is 11.4 Å². The number of ether oxygens (including phenoxy) is 1. The van der Waals surface area contributed by atoms with Crippen molar-refractivity contribution in [1.82, 2.24) is 0 Å². The van der Waals surface area contributed by atoms with Crippen LogP contribution in [-0.4, -0.2) is 23.5 Å². The first-order valence-electron chi connectivity index (χ1n) is 13.5. The lowest BCUT2D eigenvalue weighted by Crippen LogP contribution is -2.24. The Balaban J connectivity index is 0.000000647. The van der Waals surface area contributed by atoms with Gasteiger partial charge in [-0.05, 0) is 32.3 Å². The lowest BCUT2D eigenvalue weighted by molar-refractivity contribution is -0.146. The van der Waals surface area contributed by atoms with Gasteiger partial charge in [-0.3, -0.25) is 4.79 Å². The van der Waals surface area contributed by atoms with E-state index in [4.69, 9.17) is 22.1 Å².